The van der Waals surface area contributed by atoms with Gasteiger partial charge in [0.1, 0.15) is 5.75 Å². The molecular formula is C32H31N3O7. The molecule has 0 spiro atoms. The van der Waals surface area contributed by atoms with Crippen molar-refractivity contribution in [3.05, 3.63) is 111 Å². The van der Waals surface area contributed by atoms with Crippen LogP contribution in [0.5, 0.6) is 17.2 Å². The van der Waals surface area contributed by atoms with E-state index in [-0.39, 0.29) is 23.8 Å². The second-order valence-electron chi connectivity index (χ2n) is 10.2. The molecule has 3 aromatic rings. The van der Waals surface area contributed by atoms with E-state index >= 15 is 0 Å². The summed E-state index contributed by atoms with van der Waals surface area (Å²) in [7, 11) is 4.69. The van der Waals surface area contributed by atoms with E-state index in [0.29, 0.717) is 57.5 Å². The summed E-state index contributed by atoms with van der Waals surface area (Å²) in [6.07, 6.45) is 0.709. The minimum absolute atomic E-state index is 0.118. The summed E-state index contributed by atoms with van der Waals surface area (Å²) in [5, 5.41) is 17.9. The van der Waals surface area contributed by atoms with Gasteiger partial charge in [0.05, 0.1) is 26.3 Å². The van der Waals surface area contributed by atoms with E-state index in [9.17, 15) is 19.7 Å². The Morgan fingerprint density at radius 1 is 0.929 bits per heavy atom. The Bertz CT molecular complexity index is 1630. The quantitative estimate of drug-likeness (QED) is 0.264. The fourth-order valence-electron chi connectivity index (χ4n) is 5.71. The number of Topliss-reactive ketones (excluding diaryl/α,β-unsaturated/α-hetero) is 1. The molecule has 0 fully saturated rings. The minimum Gasteiger partial charge on any atom is -0.497 e. The van der Waals surface area contributed by atoms with Crippen LogP contribution in [0, 0.1) is 10.1 Å². The Balaban J connectivity index is 1.56. The van der Waals surface area contributed by atoms with E-state index < -0.39 is 16.7 Å². The third-order valence-corrected chi connectivity index (χ3v) is 7.71. The van der Waals surface area contributed by atoms with Gasteiger partial charge in [-0.25, -0.2) is 0 Å². The number of carbonyl (C=O) groups excluding carboxylic acids is 2. The van der Waals surface area contributed by atoms with Crippen molar-refractivity contribution in [2.75, 3.05) is 26.6 Å². The highest BCUT2D eigenvalue weighted by atomic mass is 16.6. The topological polar surface area (TPSA) is 129 Å². The number of benzene rings is 3. The Hall–Kier alpha value is -5.12. The molecule has 10 nitrogen and oxygen atoms in total. The van der Waals surface area contributed by atoms with Crippen LogP contribution in [-0.4, -0.2) is 37.9 Å². The van der Waals surface area contributed by atoms with Gasteiger partial charge in [0.25, 0.3) is 11.6 Å². The molecule has 0 bridgehead atoms. The number of hydrogen-bond donors (Lipinski definition) is 2. The normalized spacial score (nSPS) is 18.1. The maximum atomic E-state index is 13.9. The predicted octanol–water partition coefficient (Wildman–Crippen LogP) is 5.62. The number of carbonyl (C=O) groups is 2. The predicted molar refractivity (Wildman–Crippen MR) is 157 cm³/mol. The second kappa shape index (κ2) is 11.8. The van der Waals surface area contributed by atoms with Crippen LogP contribution >= 0.6 is 0 Å². The van der Waals surface area contributed by atoms with Gasteiger partial charge >= 0.3 is 0 Å². The number of allylic oxidation sites excluding steroid dienone is 3. The molecule has 1 aliphatic carbocycles. The molecule has 2 atom stereocenters. The molecule has 0 unspecified atom stereocenters. The lowest BCUT2D eigenvalue weighted by Crippen LogP contribution is -2.37. The van der Waals surface area contributed by atoms with Crippen molar-refractivity contribution in [1.82, 2.24) is 5.32 Å². The number of nitrogens with one attached hydrogen (secondary N) is 2. The Labute approximate surface area is 243 Å². The Morgan fingerprint density at radius 3 is 2.33 bits per heavy atom. The van der Waals surface area contributed by atoms with Crippen LogP contribution in [0.4, 0.5) is 11.4 Å². The number of amides is 1. The molecule has 0 aromatic heterocycles. The van der Waals surface area contributed by atoms with Crippen LogP contribution in [0.3, 0.4) is 0 Å². The first kappa shape index (κ1) is 28.4. The fourth-order valence-corrected chi connectivity index (χ4v) is 5.71. The summed E-state index contributed by atoms with van der Waals surface area (Å²) in [6.45, 7) is 1.78. The molecule has 0 radical (unpaired) electrons. The third-order valence-electron chi connectivity index (χ3n) is 7.71. The highest BCUT2D eigenvalue weighted by Gasteiger charge is 2.41. The number of anilines is 1. The number of nitrogens with zero attached hydrogens (tertiary/aromatic N) is 1. The molecule has 42 heavy (non-hydrogen) atoms. The zero-order valence-electron chi connectivity index (χ0n) is 23.7. The molecule has 5 rings (SSSR count). The lowest BCUT2D eigenvalue weighted by atomic mass is 9.71. The SMILES string of the molecule is COc1ccc(NC(=O)C2=C(C)NC3=C(C(=O)C[C@H](c4ccc(OC)c(OC)c4)C3)[C@H]2c2cccc([N+](=O)[O-])c2)cc1. The number of methoxy groups -OCH3 is 3. The molecule has 216 valence electrons. The molecule has 10 heteroatoms. The van der Waals surface area contributed by atoms with Gasteiger partial charge in [0, 0.05) is 52.7 Å². The second-order valence-corrected chi connectivity index (χ2v) is 10.2. The van der Waals surface area contributed by atoms with E-state index in [1.165, 1.54) is 12.1 Å². The Kier molecular flexibility index (Phi) is 7.97. The number of ether oxygens (including phenoxy) is 3. The number of rotatable bonds is 8. The number of nitro groups is 1. The first-order chi connectivity index (χ1) is 20.2. The van der Waals surface area contributed by atoms with Crippen molar-refractivity contribution < 1.29 is 28.7 Å². The van der Waals surface area contributed by atoms with E-state index in [2.05, 4.69) is 10.6 Å². The Morgan fingerprint density at radius 2 is 1.67 bits per heavy atom. The lowest BCUT2D eigenvalue weighted by Gasteiger charge is -2.37. The van der Waals surface area contributed by atoms with Gasteiger partial charge in [-0.05, 0) is 66.8 Å². The van der Waals surface area contributed by atoms with Crippen molar-refractivity contribution in [3.63, 3.8) is 0 Å². The molecule has 2 N–H and O–H groups in total. The van der Waals surface area contributed by atoms with Gasteiger partial charge in [-0.2, -0.15) is 0 Å². The summed E-state index contributed by atoms with van der Waals surface area (Å²) >= 11 is 0. The van der Waals surface area contributed by atoms with Gasteiger partial charge in [0.2, 0.25) is 0 Å². The highest BCUT2D eigenvalue weighted by Crippen LogP contribution is 2.47. The van der Waals surface area contributed by atoms with Crippen LogP contribution in [0.25, 0.3) is 0 Å². The number of dihydropyridines is 1. The monoisotopic (exact) mass is 569 g/mol. The van der Waals surface area contributed by atoms with Gasteiger partial charge < -0.3 is 24.8 Å². The third kappa shape index (κ3) is 5.43. The maximum Gasteiger partial charge on any atom is 0.269 e. The molecule has 0 saturated heterocycles. The van der Waals surface area contributed by atoms with Crippen LogP contribution in [0.15, 0.2) is 89.3 Å². The lowest BCUT2D eigenvalue weighted by molar-refractivity contribution is -0.384. The maximum absolute atomic E-state index is 13.9. The summed E-state index contributed by atoms with van der Waals surface area (Å²) in [5.41, 5.74) is 3.87. The van der Waals surface area contributed by atoms with E-state index in [0.717, 1.165) is 5.56 Å². The fraction of sp³-hybridized carbons (Fsp3) is 0.250. The van der Waals surface area contributed by atoms with Gasteiger partial charge in [-0.15, -0.1) is 0 Å². The zero-order valence-corrected chi connectivity index (χ0v) is 23.7. The van der Waals surface area contributed by atoms with Crippen molar-refractivity contribution in [3.8, 4) is 17.2 Å². The molecule has 2 aliphatic rings. The smallest absolute Gasteiger partial charge is 0.269 e. The van der Waals surface area contributed by atoms with Gasteiger partial charge in [-0.3, -0.25) is 19.7 Å². The average molecular weight is 570 g/mol. The van der Waals surface area contributed by atoms with Crippen LogP contribution in [-0.2, 0) is 9.59 Å². The highest BCUT2D eigenvalue weighted by molar-refractivity contribution is 6.10. The van der Waals surface area contributed by atoms with Gasteiger partial charge in [0.15, 0.2) is 17.3 Å². The largest absolute Gasteiger partial charge is 0.497 e. The average Bonchev–Trinajstić information content (AvgIpc) is 3.00. The van der Waals surface area contributed by atoms with Crippen LogP contribution in [0.1, 0.15) is 42.7 Å². The standard InChI is InChI=1S/C32H31N3O7/c1-18-29(32(37)34-22-9-11-24(40-2)12-10-22)30(20-6-5-7-23(14-20)35(38)39)31-25(33-18)15-21(16-26(31)36)19-8-13-27(41-3)28(17-19)42-4/h5-14,17,21,30,33H,15-16H2,1-4H3,(H,34,37)/t21-,30+/m1/s1. The first-order valence-electron chi connectivity index (χ1n) is 13.4. The molecule has 3 aromatic carbocycles. The zero-order chi connectivity index (χ0) is 30.0. The first-order valence-corrected chi connectivity index (χ1v) is 13.4. The van der Waals surface area contributed by atoms with E-state index in [1.54, 1.807) is 64.7 Å². The van der Waals surface area contributed by atoms with Gasteiger partial charge in [-0.1, -0.05) is 18.2 Å². The van der Waals surface area contributed by atoms with Crippen LogP contribution in [0.2, 0.25) is 0 Å². The van der Waals surface area contributed by atoms with E-state index in [1.807, 2.05) is 18.2 Å². The van der Waals surface area contributed by atoms with Crippen molar-refractivity contribution in [2.24, 2.45) is 0 Å². The number of hydrogen-bond acceptors (Lipinski definition) is 8. The molecular weight excluding hydrogens is 538 g/mol. The van der Waals surface area contributed by atoms with E-state index in [4.69, 9.17) is 14.2 Å². The molecule has 1 amide bonds. The molecule has 1 heterocycles. The number of nitro benzene ring substituents is 1. The summed E-state index contributed by atoms with van der Waals surface area (Å²) in [5.74, 6) is 0.321. The molecule has 1 aliphatic heterocycles. The minimum atomic E-state index is -0.793. The number of non-ortho nitro benzene ring substituents is 1. The summed E-state index contributed by atoms with van der Waals surface area (Å²) in [6, 6.07) is 18.6. The van der Waals surface area contributed by atoms with Crippen molar-refractivity contribution >= 4 is 23.1 Å². The number of ketones is 1. The summed E-state index contributed by atoms with van der Waals surface area (Å²) in [4.78, 5) is 38.9. The summed E-state index contributed by atoms with van der Waals surface area (Å²) < 4.78 is 16.0. The van der Waals surface area contributed by atoms with Crippen molar-refractivity contribution in [1.29, 1.82) is 0 Å². The van der Waals surface area contributed by atoms with Crippen LogP contribution < -0.4 is 24.8 Å². The molecule has 0 saturated carbocycles. The van der Waals surface area contributed by atoms with Crippen molar-refractivity contribution in [2.45, 2.75) is 31.6 Å².